The molecule has 2 fully saturated rings. The molecule has 4 atom stereocenters. The van der Waals surface area contributed by atoms with Gasteiger partial charge >= 0.3 is 6.43 Å². The van der Waals surface area contributed by atoms with E-state index < -0.39 is 30.3 Å². The number of alkyl halides is 2. The van der Waals surface area contributed by atoms with E-state index in [1.165, 1.54) is 11.2 Å². The Kier molecular flexibility index (Phi) is 4.37. The van der Waals surface area contributed by atoms with Crippen LogP contribution in [0.25, 0.3) is 11.0 Å². The minimum atomic E-state index is -3.15. The van der Waals surface area contributed by atoms with Crippen LogP contribution in [0.1, 0.15) is 37.3 Å². The molecule has 8 heteroatoms. The predicted octanol–water partition coefficient (Wildman–Crippen LogP) is 3.08. The van der Waals surface area contributed by atoms with E-state index >= 15 is 0 Å². The van der Waals surface area contributed by atoms with E-state index in [0.717, 1.165) is 24.6 Å². The van der Waals surface area contributed by atoms with Crippen LogP contribution >= 0.6 is 0 Å². The van der Waals surface area contributed by atoms with Crippen LogP contribution in [0.3, 0.4) is 0 Å². The van der Waals surface area contributed by atoms with Gasteiger partial charge in [0.25, 0.3) is 5.91 Å². The molecular formula is C21H21F2N3O3. The largest absolute Gasteiger partial charge is 0.464 e. The molecule has 1 saturated carbocycles. The molecule has 2 aliphatic heterocycles. The third-order valence-electron chi connectivity index (χ3n) is 6.35. The molecule has 1 aromatic carbocycles. The van der Waals surface area contributed by atoms with Crippen molar-refractivity contribution in [3.63, 3.8) is 0 Å². The molecule has 6 nitrogen and oxygen atoms in total. The first kappa shape index (κ1) is 18.3. The fourth-order valence-corrected chi connectivity index (χ4v) is 5.14. The fourth-order valence-electron chi connectivity index (χ4n) is 5.14. The lowest BCUT2D eigenvalue weighted by Gasteiger charge is -2.42. The molecule has 1 aromatic heterocycles. The molecule has 1 unspecified atom stereocenters. The number of hydrogen-bond acceptors (Lipinski definition) is 4. The summed E-state index contributed by atoms with van der Waals surface area (Å²) in [5.74, 6) is -2.33. The van der Waals surface area contributed by atoms with Crippen molar-refractivity contribution in [2.24, 2.45) is 10.9 Å². The van der Waals surface area contributed by atoms with E-state index in [1.54, 1.807) is 18.2 Å². The summed E-state index contributed by atoms with van der Waals surface area (Å²) in [6, 6.07) is 5.59. The highest BCUT2D eigenvalue weighted by Gasteiger charge is 2.51. The van der Waals surface area contributed by atoms with Crippen molar-refractivity contribution >= 4 is 28.5 Å². The molecule has 0 spiro atoms. The zero-order valence-electron chi connectivity index (χ0n) is 15.7. The normalized spacial score (nSPS) is 29.3. The number of aliphatic imine (C=N–C) groups is 1. The van der Waals surface area contributed by atoms with Crippen LogP contribution in [0.15, 0.2) is 39.9 Å². The highest BCUT2D eigenvalue weighted by molar-refractivity contribution is 6.12. The van der Waals surface area contributed by atoms with Crippen LogP contribution < -0.4 is 5.32 Å². The molecule has 0 bridgehead atoms. The first-order valence-electron chi connectivity index (χ1n) is 9.97. The number of fused-ring (bicyclic) bond motifs is 3. The SMILES string of the molecule is O=C1NCC2=N[C@@H]3CCCC[C@H]3N(C(=O)C(F)F)[C@H](c3cccc4ccoc34)C12. The molecule has 1 aliphatic carbocycles. The molecule has 29 heavy (non-hydrogen) atoms. The Balaban J connectivity index is 1.74. The Morgan fingerprint density at radius 2 is 2.07 bits per heavy atom. The summed E-state index contributed by atoms with van der Waals surface area (Å²) in [6.07, 6.45) is 1.46. The van der Waals surface area contributed by atoms with E-state index in [0.29, 0.717) is 23.3 Å². The summed E-state index contributed by atoms with van der Waals surface area (Å²) in [6.45, 7) is 0.286. The number of para-hydroxylation sites is 1. The maximum absolute atomic E-state index is 13.7. The predicted molar refractivity (Wildman–Crippen MR) is 102 cm³/mol. The lowest BCUT2D eigenvalue weighted by molar-refractivity contribution is -0.151. The third kappa shape index (κ3) is 2.84. The highest BCUT2D eigenvalue weighted by atomic mass is 19.3. The van der Waals surface area contributed by atoms with Crippen LogP contribution in [0.4, 0.5) is 8.78 Å². The van der Waals surface area contributed by atoms with E-state index in [-0.39, 0.29) is 18.5 Å². The third-order valence-corrected chi connectivity index (χ3v) is 6.35. The Labute approximate surface area is 165 Å². The second kappa shape index (κ2) is 6.93. The maximum Gasteiger partial charge on any atom is 0.315 e. The Hall–Kier alpha value is -2.77. The van der Waals surface area contributed by atoms with Crippen LogP contribution in [0.5, 0.6) is 0 Å². The second-order valence-electron chi connectivity index (χ2n) is 7.91. The molecule has 1 saturated heterocycles. The van der Waals surface area contributed by atoms with Crippen LogP contribution in [0, 0.1) is 5.92 Å². The van der Waals surface area contributed by atoms with Crippen LogP contribution in [-0.4, -0.2) is 47.5 Å². The Morgan fingerprint density at radius 1 is 1.24 bits per heavy atom. The smallest absolute Gasteiger partial charge is 0.315 e. The second-order valence-corrected chi connectivity index (χ2v) is 7.91. The summed E-state index contributed by atoms with van der Waals surface area (Å²) in [4.78, 5) is 31.7. The van der Waals surface area contributed by atoms with Gasteiger partial charge in [0.05, 0.1) is 30.9 Å². The van der Waals surface area contributed by atoms with Crippen molar-refractivity contribution in [1.82, 2.24) is 10.2 Å². The number of furan rings is 1. The molecular weight excluding hydrogens is 380 g/mol. The minimum absolute atomic E-state index is 0.266. The molecule has 3 aliphatic rings. The number of carbonyl (C=O) groups excluding carboxylic acids is 2. The number of amides is 2. The zero-order chi connectivity index (χ0) is 20.1. The van der Waals surface area contributed by atoms with Crippen LogP contribution in [-0.2, 0) is 9.59 Å². The van der Waals surface area contributed by atoms with Gasteiger partial charge in [-0.15, -0.1) is 0 Å². The molecule has 2 aromatic rings. The van der Waals surface area contributed by atoms with Gasteiger partial charge in [-0.1, -0.05) is 31.0 Å². The van der Waals surface area contributed by atoms with Gasteiger partial charge in [0.15, 0.2) is 0 Å². The molecule has 2 amide bonds. The van der Waals surface area contributed by atoms with Gasteiger partial charge in [0.1, 0.15) is 11.5 Å². The van der Waals surface area contributed by atoms with Crippen molar-refractivity contribution in [2.75, 3.05) is 6.54 Å². The summed E-state index contributed by atoms with van der Waals surface area (Å²) in [5.41, 5.74) is 1.73. The number of nitrogens with one attached hydrogen (secondary N) is 1. The molecule has 5 rings (SSSR count). The number of rotatable bonds is 2. The molecule has 3 heterocycles. The Bertz CT molecular complexity index is 1000. The Morgan fingerprint density at radius 3 is 2.90 bits per heavy atom. The first-order chi connectivity index (χ1) is 14.1. The standard InChI is InChI=1S/C21H21F2N3O3/c22-19(23)21(28)26-15-7-2-1-6-13(15)25-14-10-24-20(27)16(14)17(26)12-5-3-4-11-8-9-29-18(11)12/h3-5,8-9,13,15-17,19H,1-2,6-7,10H2,(H,24,27)/t13-,15-,16?,17-/m1/s1. The van der Waals surface area contributed by atoms with Gasteiger partial charge in [-0.2, -0.15) is 8.78 Å². The summed E-state index contributed by atoms with van der Waals surface area (Å²) in [5, 5.41) is 3.59. The quantitative estimate of drug-likeness (QED) is 0.840. The van der Waals surface area contributed by atoms with Gasteiger partial charge in [0.2, 0.25) is 5.91 Å². The number of nitrogens with zero attached hydrogens (tertiary/aromatic N) is 2. The first-order valence-corrected chi connectivity index (χ1v) is 9.97. The molecule has 0 radical (unpaired) electrons. The van der Waals surface area contributed by atoms with Gasteiger partial charge in [0, 0.05) is 16.7 Å². The molecule has 152 valence electrons. The van der Waals surface area contributed by atoms with Gasteiger partial charge in [-0.3, -0.25) is 14.6 Å². The molecule has 1 N–H and O–H groups in total. The summed E-state index contributed by atoms with van der Waals surface area (Å²) < 4.78 is 33.1. The highest BCUT2D eigenvalue weighted by Crippen LogP contribution is 2.43. The minimum Gasteiger partial charge on any atom is -0.464 e. The van der Waals surface area contributed by atoms with E-state index in [1.807, 2.05) is 6.07 Å². The van der Waals surface area contributed by atoms with Crippen molar-refractivity contribution in [1.29, 1.82) is 0 Å². The average Bonchev–Trinajstić information content (AvgIpc) is 3.30. The lowest BCUT2D eigenvalue weighted by atomic mass is 9.85. The van der Waals surface area contributed by atoms with Crippen molar-refractivity contribution in [2.45, 2.75) is 50.2 Å². The van der Waals surface area contributed by atoms with Gasteiger partial charge < -0.3 is 14.6 Å². The van der Waals surface area contributed by atoms with Crippen molar-refractivity contribution in [3.8, 4) is 0 Å². The van der Waals surface area contributed by atoms with Gasteiger partial charge in [-0.25, -0.2) is 0 Å². The zero-order valence-corrected chi connectivity index (χ0v) is 15.7. The summed E-state index contributed by atoms with van der Waals surface area (Å²) in [7, 11) is 0. The monoisotopic (exact) mass is 401 g/mol. The van der Waals surface area contributed by atoms with Crippen LogP contribution in [0.2, 0.25) is 0 Å². The van der Waals surface area contributed by atoms with Crippen molar-refractivity contribution < 1.29 is 22.8 Å². The van der Waals surface area contributed by atoms with Crippen molar-refractivity contribution in [3.05, 3.63) is 36.1 Å². The topological polar surface area (TPSA) is 74.9 Å². The number of hydrogen-bond donors (Lipinski definition) is 1. The fraction of sp³-hybridized carbons (Fsp3) is 0.476. The maximum atomic E-state index is 13.7. The number of benzene rings is 1. The lowest BCUT2D eigenvalue weighted by Crippen LogP contribution is -2.52. The number of halogens is 2. The average molecular weight is 401 g/mol. The van der Waals surface area contributed by atoms with Gasteiger partial charge in [-0.05, 0) is 18.9 Å². The van der Waals surface area contributed by atoms with E-state index in [2.05, 4.69) is 5.32 Å². The van der Waals surface area contributed by atoms with E-state index in [4.69, 9.17) is 9.41 Å². The van der Waals surface area contributed by atoms with E-state index in [9.17, 15) is 18.4 Å². The number of carbonyl (C=O) groups is 2. The summed E-state index contributed by atoms with van der Waals surface area (Å²) >= 11 is 0.